The molecule has 3 N–H and O–H groups in total. The van der Waals surface area contributed by atoms with Crippen molar-refractivity contribution >= 4 is 5.97 Å². The van der Waals surface area contributed by atoms with Crippen LogP contribution in [0.1, 0.15) is 162 Å². The molecule has 0 bridgehead atoms. The molecule has 0 saturated carbocycles. The van der Waals surface area contributed by atoms with E-state index >= 15 is 0 Å². The smallest absolute Gasteiger partial charge is 0.306 e. The Labute approximate surface area is 248 Å². The summed E-state index contributed by atoms with van der Waals surface area (Å²) < 4.78 is 11.5. The van der Waals surface area contributed by atoms with Crippen molar-refractivity contribution in [3.05, 3.63) is 0 Å². The average Bonchev–Trinajstić information content (AvgIpc) is 2.96. The van der Waals surface area contributed by atoms with Gasteiger partial charge in [0, 0.05) is 26.2 Å². The maximum Gasteiger partial charge on any atom is 0.306 e. The third-order valence-electron chi connectivity index (χ3n) is 8.48. The van der Waals surface area contributed by atoms with Gasteiger partial charge in [0.1, 0.15) is 0 Å². The van der Waals surface area contributed by atoms with E-state index in [0.29, 0.717) is 19.3 Å². The number of rotatable bonds is 24. The van der Waals surface area contributed by atoms with Gasteiger partial charge in [-0.1, -0.05) is 142 Å². The first-order valence-electron chi connectivity index (χ1n) is 17.5. The monoisotopic (exact) mass is 569 g/mol. The molecule has 238 valence electrons. The Morgan fingerprint density at radius 3 is 1.65 bits per heavy atom. The van der Waals surface area contributed by atoms with Gasteiger partial charge in [0.05, 0.1) is 31.3 Å². The van der Waals surface area contributed by atoms with Crippen molar-refractivity contribution in [2.75, 3.05) is 39.4 Å². The molecule has 2 saturated heterocycles. The van der Waals surface area contributed by atoms with Crippen molar-refractivity contribution in [1.29, 1.82) is 0 Å². The highest BCUT2D eigenvalue weighted by Crippen LogP contribution is 2.26. The quantitative estimate of drug-likeness (QED) is 0.101. The van der Waals surface area contributed by atoms with E-state index in [0.717, 1.165) is 39.1 Å². The minimum atomic E-state index is -0.754. The Balaban J connectivity index is 0.000000408. The Morgan fingerprint density at radius 2 is 1.20 bits per heavy atom. The van der Waals surface area contributed by atoms with Gasteiger partial charge in [-0.3, -0.25) is 4.79 Å². The van der Waals surface area contributed by atoms with Gasteiger partial charge < -0.3 is 25.2 Å². The molecule has 2 rings (SSSR count). The second-order valence-corrected chi connectivity index (χ2v) is 12.4. The lowest BCUT2D eigenvalue weighted by Crippen LogP contribution is -2.50. The van der Waals surface area contributed by atoms with E-state index in [-0.39, 0.29) is 6.42 Å². The van der Waals surface area contributed by atoms with Crippen LogP contribution in [0.5, 0.6) is 0 Å². The fraction of sp³-hybridized carbons (Fsp3) is 0.971. The summed E-state index contributed by atoms with van der Waals surface area (Å²) in [5.74, 6) is -0.754. The Hall–Kier alpha value is -0.690. The number of carbonyl (C=O) groups is 1. The molecule has 0 aromatic carbocycles. The van der Waals surface area contributed by atoms with Gasteiger partial charge in [-0.15, -0.1) is 0 Å². The Kier molecular flexibility index (Phi) is 25.4. The lowest BCUT2D eigenvalue weighted by atomic mass is 9.90. The predicted molar refractivity (Wildman–Crippen MR) is 169 cm³/mol. The van der Waals surface area contributed by atoms with E-state index in [1.807, 2.05) is 0 Å². The molecule has 2 aliphatic heterocycles. The normalized spacial score (nSPS) is 21.1. The predicted octanol–water partition coefficient (Wildman–Crippen LogP) is 8.42. The van der Waals surface area contributed by atoms with Crippen LogP contribution in [0.3, 0.4) is 0 Å². The number of ether oxygens (including phenoxy) is 2. The van der Waals surface area contributed by atoms with E-state index in [4.69, 9.17) is 14.6 Å². The van der Waals surface area contributed by atoms with Crippen LogP contribution < -0.4 is 10.6 Å². The summed E-state index contributed by atoms with van der Waals surface area (Å²) in [7, 11) is 0. The Morgan fingerprint density at radius 1 is 0.700 bits per heavy atom. The van der Waals surface area contributed by atoms with Crippen LogP contribution in [0.25, 0.3) is 0 Å². The van der Waals surface area contributed by atoms with Crippen LogP contribution in [0.2, 0.25) is 0 Å². The highest BCUT2D eigenvalue weighted by Gasteiger charge is 2.35. The number of nitrogens with one attached hydrogen (secondary N) is 2. The number of carboxylic acids is 1. The lowest BCUT2D eigenvalue weighted by Gasteiger charge is -2.36. The molecule has 2 atom stereocenters. The van der Waals surface area contributed by atoms with Crippen LogP contribution in [0.15, 0.2) is 0 Å². The summed E-state index contributed by atoms with van der Waals surface area (Å²) >= 11 is 0. The standard InChI is InChI=1S/C18H35NO3.C16H33NO/c1-2-3-4-5-6-7-8-9-10-11-12-18(15-17(20)21)16-19-13-14-22-18;1-2-3-4-5-6-7-8-9-10-11-12-16-15-17-13-14-18-16/h19H,2-16H2,1H3,(H,20,21);16-17H,2-15H2,1H3. The van der Waals surface area contributed by atoms with Gasteiger partial charge in [-0.05, 0) is 12.8 Å². The first-order chi connectivity index (χ1) is 19.6. The van der Waals surface area contributed by atoms with E-state index in [9.17, 15) is 4.79 Å². The van der Waals surface area contributed by atoms with Gasteiger partial charge in [-0.25, -0.2) is 0 Å². The minimum absolute atomic E-state index is 0.122. The average molecular weight is 569 g/mol. The first-order valence-corrected chi connectivity index (χ1v) is 17.5. The summed E-state index contributed by atoms with van der Waals surface area (Å²) in [5, 5.41) is 15.8. The fourth-order valence-corrected chi connectivity index (χ4v) is 5.94. The van der Waals surface area contributed by atoms with Crippen LogP contribution in [-0.2, 0) is 14.3 Å². The van der Waals surface area contributed by atoms with Gasteiger partial charge in [0.2, 0.25) is 0 Å². The molecule has 2 aliphatic rings. The summed E-state index contributed by atoms with van der Waals surface area (Å²) in [6, 6.07) is 0. The van der Waals surface area contributed by atoms with Gasteiger partial charge in [-0.2, -0.15) is 0 Å². The largest absolute Gasteiger partial charge is 0.481 e. The van der Waals surface area contributed by atoms with Crippen LogP contribution in [0.4, 0.5) is 0 Å². The number of aliphatic carboxylic acids is 1. The number of unbranched alkanes of at least 4 members (excludes halogenated alkanes) is 18. The zero-order chi connectivity index (χ0) is 29.0. The first kappa shape index (κ1) is 37.3. The molecule has 6 nitrogen and oxygen atoms in total. The second-order valence-electron chi connectivity index (χ2n) is 12.4. The zero-order valence-electron chi connectivity index (χ0n) is 26.8. The van der Waals surface area contributed by atoms with Gasteiger partial charge >= 0.3 is 5.97 Å². The summed E-state index contributed by atoms with van der Waals surface area (Å²) in [5.41, 5.74) is -0.468. The third kappa shape index (κ3) is 22.0. The molecule has 0 aliphatic carbocycles. The van der Waals surface area contributed by atoms with Gasteiger partial charge in [0.25, 0.3) is 0 Å². The molecule has 2 unspecified atom stereocenters. The molecule has 0 radical (unpaired) electrons. The molecule has 0 aromatic heterocycles. The molecule has 2 fully saturated rings. The van der Waals surface area contributed by atoms with Crippen LogP contribution in [-0.4, -0.2) is 62.2 Å². The van der Waals surface area contributed by atoms with Crippen molar-refractivity contribution in [2.24, 2.45) is 0 Å². The number of hydrogen-bond donors (Lipinski definition) is 3. The maximum atomic E-state index is 11.0. The van der Waals surface area contributed by atoms with Crippen LogP contribution in [0, 0.1) is 0 Å². The number of morpholine rings is 2. The molecule has 6 heteroatoms. The topological polar surface area (TPSA) is 79.8 Å². The highest BCUT2D eigenvalue weighted by molar-refractivity contribution is 5.68. The molecule has 0 spiro atoms. The zero-order valence-corrected chi connectivity index (χ0v) is 26.8. The van der Waals surface area contributed by atoms with E-state index in [2.05, 4.69) is 24.5 Å². The summed E-state index contributed by atoms with van der Waals surface area (Å²) in [6.45, 7) is 9.68. The van der Waals surface area contributed by atoms with E-state index in [1.54, 1.807) is 0 Å². The van der Waals surface area contributed by atoms with Crippen molar-refractivity contribution in [3.8, 4) is 0 Å². The minimum Gasteiger partial charge on any atom is -0.481 e. The second kappa shape index (κ2) is 27.2. The third-order valence-corrected chi connectivity index (χ3v) is 8.48. The maximum absolute atomic E-state index is 11.0. The van der Waals surface area contributed by atoms with Crippen molar-refractivity contribution in [1.82, 2.24) is 10.6 Å². The number of hydrogen-bond acceptors (Lipinski definition) is 5. The van der Waals surface area contributed by atoms with Crippen molar-refractivity contribution in [3.63, 3.8) is 0 Å². The molecule has 0 amide bonds. The summed E-state index contributed by atoms with van der Waals surface area (Å²) in [6.07, 6.45) is 30.0. The van der Waals surface area contributed by atoms with Gasteiger partial charge in [0.15, 0.2) is 0 Å². The van der Waals surface area contributed by atoms with Crippen molar-refractivity contribution in [2.45, 2.75) is 173 Å². The van der Waals surface area contributed by atoms with E-state index in [1.165, 1.54) is 128 Å². The number of carboxylic acid groups (broad SMARTS) is 1. The fourth-order valence-electron chi connectivity index (χ4n) is 5.94. The molecule has 2 heterocycles. The molecular weight excluding hydrogens is 500 g/mol. The van der Waals surface area contributed by atoms with Crippen molar-refractivity contribution < 1.29 is 19.4 Å². The SMILES string of the molecule is CCCCCCCCCCCCC1(CC(=O)O)CNCCO1.CCCCCCCCCCCCC1CNCCO1. The molecular formula is C34H68N2O4. The summed E-state index contributed by atoms with van der Waals surface area (Å²) in [4.78, 5) is 11.0. The van der Waals surface area contributed by atoms with E-state index < -0.39 is 11.6 Å². The molecule has 0 aromatic rings. The molecule has 40 heavy (non-hydrogen) atoms. The van der Waals surface area contributed by atoms with Crippen LogP contribution >= 0.6 is 0 Å². The lowest BCUT2D eigenvalue weighted by molar-refractivity contribution is -0.148. The highest BCUT2D eigenvalue weighted by atomic mass is 16.5. The Bertz CT molecular complexity index is 548.